The first kappa shape index (κ1) is 13.2. The lowest BCUT2D eigenvalue weighted by molar-refractivity contribution is -0.146. The number of carbonyl (C=O) groups is 1. The van der Waals surface area contributed by atoms with E-state index in [2.05, 4.69) is 9.55 Å². The highest BCUT2D eigenvalue weighted by molar-refractivity contribution is 6.33. The van der Waals surface area contributed by atoms with Crippen LogP contribution >= 0.6 is 11.6 Å². The maximum absolute atomic E-state index is 11.6. The molecule has 2 heterocycles. The smallest absolute Gasteiger partial charge is 0.309 e. The van der Waals surface area contributed by atoms with Crippen molar-refractivity contribution in [3.63, 3.8) is 0 Å². The van der Waals surface area contributed by atoms with Crippen LogP contribution in [0.15, 0.2) is 30.5 Å². The van der Waals surface area contributed by atoms with Gasteiger partial charge in [0, 0.05) is 30.4 Å². The summed E-state index contributed by atoms with van der Waals surface area (Å²) in [6.07, 6.45) is 3.27. The fourth-order valence-corrected chi connectivity index (χ4v) is 2.91. The summed E-state index contributed by atoms with van der Waals surface area (Å²) < 4.78 is 6.97. The van der Waals surface area contributed by atoms with Crippen LogP contribution in [0.5, 0.6) is 0 Å². The van der Waals surface area contributed by atoms with Gasteiger partial charge in [0.15, 0.2) is 0 Å². The van der Waals surface area contributed by atoms with Crippen molar-refractivity contribution in [1.82, 2.24) is 9.55 Å². The predicted molar refractivity (Wildman–Crippen MR) is 76.5 cm³/mol. The Balaban J connectivity index is 1.94. The van der Waals surface area contributed by atoms with Gasteiger partial charge in [0.05, 0.1) is 18.1 Å². The Labute approximate surface area is 122 Å². The molecule has 1 aliphatic rings. The number of hydrogen-bond acceptors (Lipinski definition) is 3. The highest BCUT2D eigenvalue weighted by atomic mass is 35.5. The summed E-state index contributed by atoms with van der Waals surface area (Å²) in [5, 5.41) is 0.691. The summed E-state index contributed by atoms with van der Waals surface area (Å²) in [4.78, 5) is 16.1. The minimum Gasteiger partial charge on any atom is -0.469 e. The van der Waals surface area contributed by atoms with Crippen LogP contribution in [0.2, 0.25) is 5.02 Å². The summed E-state index contributed by atoms with van der Waals surface area (Å²) in [7, 11) is 1.43. The summed E-state index contributed by atoms with van der Waals surface area (Å²) >= 11 is 6.23. The first-order valence-electron chi connectivity index (χ1n) is 6.58. The van der Waals surface area contributed by atoms with Gasteiger partial charge in [-0.3, -0.25) is 4.79 Å². The molecule has 1 aromatic carbocycles. The molecule has 5 heteroatoms. The van der Waals surface area contributed by atoms with Crippen LogP contribution < -0.4 is 0 Å². The van der Waals surface area contributed by atoms with Gasteiger partial charge >= 0.3 is 5.97 Å². The molecule has 0 spiro atoms. The van der Waals surface area contributed by atoms with Crippen molar-refractivity contribution in [2.24, 2.45) is 5.92 Å². The van der Waals surface area contributed by atoms with E-state index in [9.17, 15) is 4.79 Å². The number of carbonyl (C=O) groups excluding carboxylic acids is 1. The number of esters is 1. The van der Waals surface area contributed by atoms with Crippen LogP contribution in [0.1, 0.15) is 12.1 Å². The second-order valence-corrected chi connectivity index (χ2v) is 5.32. The number of imidazole rings is 1. The maximum atomic E-state index is 11.6. The minimum absolute atomic E-state index is 0.0664. The Bertz CT molecular complexity index is 651. The van der Waals surface area contributed by atoms with E-state index in [0.717, 1.165) is 30.0 Å². The molecule has 104 valence electrons. The van der Waals surface area contributed by atoms with E-state index in [1.165, 1.54) is 7.11 Å². The summed E-state index contributed by atoms with van der Waals surface area (Å²) in [6, 6.07) is 7.67. The largest absolute Gasteiger partial charge is 0.469 e. The van der Waals surface area contributed by atoms with Crippen molar-refractivity contribution in [2.75, 3.05) is 7.11 Å². The average Bonchev–Trinajstić information content (AvgIpc) is 2.90. The van der Waals surface area contributed by atoms with E-state index >= 15 is 0 Å². The number of rotatable bonds is 2. The van der Waals surface area contributed by atoms with Crippen LogP contribution in [0.4, 0.5) is 0 Å². The van der Waals surface area contributed by atoms with Crippen molar-refractivity contribution in [2.45, 2.75) is 19.4 Å². The van der Waals surface area contributed by atoms with Gasteiger partial charge in [0.25, 0.3) is 0 Å². The topological polar surface area (TPSA) is 44.1 Å². The Morgan fingerprint density at radius 2 is 2.25 bits per heavy atom. The molecule has 0 aliphatic carbocycles. The third kappa shape index (κ3) is 2.20. The van der Waals surface area contributed by atoms with E-state index < -0.39 is 0 Å². The lowest BCUT2D eigenvalue weighted by Gasteiger charge is -2.23. The normalized spacial score (nSPS) is 17.6. The molecule has 0 bridgehead atoms. The zero-order valence-corrected chi connectivity index (χ0v) is 11.9. The molecule has 2 aromatic rings. The quantitative estimate of drug-likeness (QED) is 0.799. The van der Waals surface area contributed by atoms with Gasteiger partial charge in [-0.2, -0.15) is 0 Å². The molecular formula is C15H15ClN2O2. The molecular weight excluding hydrogens is 276 g/mol. The van der Waals surface area contributed by atoms with E-state index in [0.29, 0.717) is 11.4 Å². The lowest BCUT2D eigenvalue weighted by atomic mass is 9.96. The average molecular weight is 291 g/mol. The van der Waals surface area contributed by atoms with Crippen molar-refractivity contribution in [3.8, 4) is 11.4 Å². The van der Waals surface area contributed by atoms with Crippen LogP contribution in [-0.4, -0.2) is 22.6 Å². The fraction of sp³-hybridized carbons (Fsp3) is 0.333. The van der Waals surface area contributed by atoms with Gasteiger partial charge in [0.2, 0.25) is 0 Å². The molecule has 0 saturated heterocycles. The number of aromatic nitrogens is 2. The van der Waals surface area contributed by atoms with Gasteiger partial charge in [-0.1, -0.05) is 23.7 Å². The molecule has 20 heavy (non-hydrogen) atoms. The summed E-state index contributed by atoms with van der Waals surface area (Å²) in [5.74, 6) is 0.661. The lowest BCUT2D eigenvalue weighted by Crippen LogP contribution is -2.26. The molecule has 0 amide bonds. The Hall–Kier alpha value is -1.81. The molecule has 0 N–H and O–H groups in total. The van der Waals surface area contributed by atoms with Crippen LogP contribution in [-0.2, 0) is 22.5 Å². The van der Waals surface area contributed by atoms with Gasteiger partial charge in [-0.05, 0) is 18.6 Å². The monoisotopic (exact) mass is 290 g/mol. The molecule has 1 atom stereocenters. The standard InChI is InChI=1S/C15H15ClN2O2/c1-20-15(19)10-6-7-18-11(8-10)9-17-14(18)12-4-2-3-5-13(12)16/h2-5,9-10H,6-8H2,1H3. The van der Waals surface area contributed by atoms with Crippen LogP contribution in [0.25, 0.3) is 11.4 Å². The molecule has 1 unspecified atom stereocenters. The molecule has 0 fully saturated rings. The summed E-state index contributed by atoms with van der Waals surface area (Å²) in [5.41, 5.74) is 1.98. The zero-order chi connectivity index (χ0) is 14.1. The maximum Gasteiger partial charge on any atom is 0.309 e. The predicted octanol–water partition coefficient (Wildman–Crippen LogP) is 2.94. The first-order valence-corrected chi connectivity index (χ1v) is 6.95. The molecule has 4 nitrogen and oxygen atoms in total. The van der Waals surface area contributed by atoms with Crippen LogP contribution in [0.3, 0.4) is 0 Å². The van der Waals surface area contributed by atoms with E-state index in [4.69, 9.17) is 16.3 Å². The number of benzene rings is 1. The SMILES string of the molecule is COC(=O)C1CCn2c(cnc2-c2ccccc2Cl)C1. The highest BCUT2D eigenvalue weighted by Gasteiger charge is 2.27. The molecule has 1 aromatic heterocycles. The third-order valence-corrected chi connectivity index (χ3v) is 4.07. The highest BCUT2D eigenvalue weighted by Crippen LogP contribution is 2.31. The van der Waals surface area contributed by atoms with Gasteiger partial charge in [-0.25, -0.2) is 4.98 Å². The minimum atomic E-state index is -0.142. The number of methoxy groups -OCH3 is 1. The van der Waals surface area contributed by atoms with Crippen LogP contribution in [0, 0.1) is 5.92 Å². The number of hydrogen-bond donors (Lipinski definition) is 0. The molecule has 1 aliphatic heterocycles. The van der Waals surface area contributed by atoms with Gasteiger partial charge in [-0.15, -0.1) is 0 Å². The van der Waals surface area contributed by atoms with Gasteiger partial charge < -0.3 is 9.30 Å². The van der Waals surface area contributed by atoms with Gasteiger partial charge in [0.1, 0.15) is 5.82 Å². The molecule has 0 radical (unpaired) electrons. The Morgan fingerprint density at radius 1 is 1.45 bits per heavy atom. The van der Waals surface area contributed by atoms with E-state index in [-0.39, 0.29) is 11.9 Å². The zero-order valence-electron chi connectivity index (χ0n) is 11.2. The number of fused-ring (bicyclic) bond motifs is 1. The summed E-state index contributed by atoms with van der Waals surface area (Å²) in [6.45, 7) is 0.760. The molecule has 3 rings (SSSR count). The third-order valence-electron chi connectivity index (χ3n) is 3.74. The van der Waals surface area contributed by atoms with Crippen molar-refractivity contribution >= 4 is 17.6 Å². The van der Waals surface area contributed by atoms with Crippen molar-refractivity contribution in [3.05, 3.63) is 41.2 Å². The van der Waals surface area contributed by atoms with E-state index in [1.54, 1.807) is 0 Å². The molecule has 0 saturated carbocycles. The van der Waals surface area contributed by atoms with Crippen molar-refractivity contribution in [1.29, 1.82) is 0 Å². The van der Waals surface area contributed by atoms with Crippen molar-refractivity contribution < 1.29 is 9.53 Å². The number of ether oxygens (including phenoxy) is 1. The fourth-order valence-electron chi connectivity index (χ4n) is 2.69. The Morgan fingerprint density at radius 3 is 3.00 bits per heavy atom. The first-order chi connectivity index (χ1) is 9.70. The second-order valence-electron chi connectivity index (χ2n) is 4.92. The second kappa shape index (κ2) is 5.29. The number of nitrogens with zero attached hydrogens (tertiary/aromatic N) is 2. The number of halogens is 1. The van der Waals surface area contributed by atoms with E-state index in [1.807, 2.05) is 30.5 Å². The Kier molecular flexibility index (Phi) is 3.49.